The topological polar surface area (TPSA) is 124 Å². The van der Waals surface area contributed by atoms with Gasteiger partial charge in [-0.2, -0.15) is 4.98 Å². The van der Waals surface area contributed by atoms with Crippen LogP contribution >= 0.6 is 0 Å². The van der Waals surface area contributed by atoms with Crippen LogP contribution in [-0.4, -0.2) is 92.7 Å². The summed E-state index contributed by atoms with van der Waals surface area (Å²) in [4.78, 5) is 35.7. The molecule has 1 saturated carbocycles. The van der Waals surface area contributed by atoms with Gasteiger partial charge in [-0.1, -0.05) is 0 Å². The van der Waals surface area contributed by atoms with Gasteiger partial charge in [0.1, 0.15) is 11.9 Å². The molecule has 2 amide bonds. The van der Waals surface area contributed by atoms with Crippen LogP contribution < -0.4 is 15.4 Å². The number of nitrogens with zero attached hydrogens (tertiary/aromatic N) is 3. The van der Waals surface area contributed by atoms with Crippen LogP contribution in [0, 0.1) is 0 Å². The maximum Gasteiger partial charge on any atom is 0.406 e. The molecule has 1 saturated heterocycles. The Balaban J connectivity index is 1.71. The molecule has 0 spiro atoms. The van der Waals surface area contributed by atoms with E-state index in [0.717, 1.165) is 18.5 Å². The van der Waals surface area contributed by atoms with Gasteiger partial charge in [0.05, 0.1) is 38.7 Å². The fourth-order valence-corrected chi connectivity index (χ4v) is 3.91. The molecule has 0 aromatic carbocycles. The highest BCUT2D eigenvalue weighted by Gasteiger charge is 2.41. The highest BCUT2D eigenvalue weighted by molar-refractivity contribution is 5.82. The Bertz CT molecular complexity index is 803. The summed E-state index contributed by atoms with van der Waals surface area (Å²) in [5.41, 5.74) is 0.718. The van der Waals surface area contributed by atoms with Crippen molar-refractivity contribution in [3.8, 4) is 5.88 Å². The summed E-state index contributed by atoms with van der Waals surface area (Å²) in [7, 11) is 4.51. The van der Waals surface area contributed by atoms with E-state index in [1.165, 1.54) is 7.11 Å². The molecule has 0 unspecified atom stereocenters. The molecule has 1 aromatic rings. The van der Waals surface area contributed by atoms with Gasteiger partial charge in [0, 0.05) is 45.3 Å². The third-order valence-corrected chi connectivity index (χ3v) is 5.74. The van der Waals surface area contributed by atoms with Crippen LogP contribution in [0.15, 0.2) is 6.07 Å². The number of hydrogen-bond acceptors (Lipinski definition) is 9. The molecule has 11 nitrogen and oxygen atoms in total. The molecule has 2 N–H and O–H groups in total. The largest absolute Gasteiger partial charge is 0.481 e. The number of rotatable bonds is 11. The standard InChI is InChI=1S/C22H35N5O6/c1-14(17-10-20(31-3)26-19(25-17)6-5-9-24-22(29)32-4)27(15-7-8-15)21(28)18-12-23-11-16(33-18)13-30-2/h10,14-16,18,23H,5-9,11-13H2,1-4H3,(H,24,29)/t14-,16+,18-/m1/s1. The van der Waals surface area contributed by atoms with E-state index in [2.05, 4.69) is 20.4 Å². The Labute approximate surface area is 194 Å². The number of ether oxygens (including phenoxy) is 4. The summed E-state index contributed by atoms with van der Waals surface area (Å²) in [5, 5.41) is 5.92. The van der Waals surface area contributed by atoms with Gasteiger partial charge in [0.15, 0.2) is 0 Å². The van der Waals surface area contributed by atoms with Crippen molar-refractivity contribution in [1.82, 2.24) is 25.5 Å². The predicted octanol–water partition coefficient (Wildman–Crippen LogP) is 0.829. The van der Waals surface area contributed by atoms with E-state index >= 15 is 0 Å². The zero-order chi connectivity index (χ0) is 23.8. The maximum atomic E-state index is 13.5. The number of methoxy groups -OCH3 is 3. The van der Waals surface area contributed by atoms with E-state index < -0.39 is 12.2 Å². The average Bonchev–Trinajstić information content (AvgIpc) is 3.67. The van der Waals surface area contributed by atoms with Crippen molar-refractivity contribution >= 4 is 12.0 Å². The average molecular weight is 466 g/mol. The minimum atomic E-state index is -0.561. The van der Waals surface area contributed by atoms with Crippen LogP contribution in [0.25, 0.3) is 0 Å². The summed E-state index contributed by atoms with van der Waals surface area (Å²) in [6, 6.07) is 1.69. The van der Waals surface area contributed by atoms with Gasteiger partial charge in [-0.25, -0.2) is 9.78 Å². The fraction of sp³-hybridized carbons (Fsp3) is 0.727. The molecule has 1 aliphatic heterocycles. The summed E-state index contributed by atoms with van der Waals surface area (Å²) in [6.45, 7) is 3.99. The molecule has 184 valence electrons. The molecule has 3 atom stereocenters. The SMILES string of the molecule is COC[C@@H]1CNC[C@H](C(=O)N(C2CC2)[C@H](C)c2cc(OC)nc(CCCNC(=O)OC)n2)O1. The third kappa shape index (κ3) is 6.99. The highest BCUT2D eigenvalue weighted by atomic mass is 16.5. The molecule has 1 aromatic heterocycles. The van der Waals surface area contributed by atoms with Gasteiger partial charge >= 0.3 is 6.09 Å². The maximum absolute atomic E-state index is 13.5. The Hall–Kier alpha value is -2.50. The lowest BCUT2D eigenvalue weighted by Gasteiger charge is -2.36. The first-order valence-corrected chi connectivity index (χ1v) is 11.4. The lowest BCUT2D eigenvalue weighted by Crippen LogP contribution is -2.54. The van der Waals surface area contributed by atoms with Crippen LogP contribution in [0.5, 0.6) is 5.88 Å². The van der Waals surface area contributed by atoms with E-state index in [0.29, 0.717) is 50.8 Å². The Morgan fingerprint density at radius 1 is 1.27 bits per heavy atom. The predicted molar refractivity (Wildman–Crippen MR) is 119 cm³/mol. The van der Waals surface area contributed by atoms with Crippen LogP contribution in [-0.2, 0) is 25.4 Å². The minimum absolute atomic E-state index is 0.0419. The van der Waals surface area contributed by atoms with Crippen molar-refractivity contribution in [3.63, 3.8) is 0 Å². The summed E-state index contributed by atoms with van der Waals surface area (Å²) in [6.07, 6.45) is 1.93. The third-order valence-electron chi connectivity index (χ3n) is 5.74. The van der Waals surface area contributed by atoms with E-state index in [-0.39, 0.29) is 24.1 Å². The van der Waals surface area contributed by atoms with Crippen molar-refractivity contribution in [3.05, 3.63) is 17.6 Å². The number of morpholine rings is 1. The Morgan fingerprint density at radius 2 is 2.06 bits per heavy atom. The van der Waals surface area contributed by atoms with E-state index in [4.69, 9.17) is 19.2 Å². The number of carbonyl (C=O) groups excluding carboxylic acids is 2. The molecule has 2 heterocycles. The first kappa shape index (κ1) is 25.1. The van der Waals surface area contributed by atoms with Crippen LogP contribution in [0.2, 0.25) is 0 Å². The number of hydrogen-bond donors (Lipinski definition) is 2. The zero-order valence-corrected chi connectivity index (χ0v) is 19.8. The molecule has 33 heavy (non-hydrogen) atoms. The number of alkyl carbamates (subject to hydrolysis) is 1. The second-order valence-corrected chi connectivity index (χ2v) is 8.29. The molecule has 11 heteroatoms. The minimum Gasteiger partial charge on any atom is -0.481 e. The molecule has 1 aliphatic carbocycles. The quantitative estimate of drug-likeness (QED) is 0.457. The van der Waals surface area contributed by atoms with Crippen LogP contribution in [0.3, 0.4) is 0 Å². The molecule has 0 bridgehead atoms. The highest BCUT2D eigenvalue weighted by Crippen LogP contribution is 2.35. The monoisotopic (exact) mass is 465 g/mol. The van der Waals surface area contributed by atoms with Gasteiger partial charge < -0.3 is 34.5 Å². The molecular weight excluding hydrogens is 430 g/mol. The van der Waals surface area contributed by atoms with Gasteiger partial charge in [-0.3, -0.25) is 4.79 Å². The normalized spacial score (nSPS) is 21.2. The molecule has 2 fully saturated rings. The van der Waals surface area contributed by atoms with Gasteiger partial charge in [-0.05, 0) is 26.2 Å². The van der Waals surface area contributed by atoms with Crippen LogP contribution in [0.4, 0.5) is 4.79 Å². The summed E-state index contributed by atoms with van der Waals surface area (Å²) >= 11 is 0. The van der Waals surface area contributed by atoms with Crippen molar-refractivity contribution in [2.45, 2.75) is 56.9 Å². The lowest BCUT2D eigenvalue weighted by atomic mass is 10.1. The number of amides is 2. The van der Waals surface area contributed by atoms with Gasteiger partial charge in [-0.15, -0.1) is 0 Å². The number of carbonyl (C=O) groups is 2. The molecule has 2 aliphatic rings. The van der Waals surface area contributed by atoms with Crippen molar-refractivity contribution in [1.29, 1.82) is 0 Å². The number of aromatic nitrogens is 2. The number of nitrogens with one attached hydrogen (secondary N) is 2. The second kappa shape index (κ2) is 12.1. The summed E-state index contributed by atoms with van der Waals surface area (Å²) < 4.78 is 21.2. The van der Waals surface area contributed by atoms with E-state index in [9.17, 15) is 9.59 Å². The van der Waals surface area contributed by atoms with E-state index in [1.54, 1.807) is 20.3 Å². The van der Waals surface area contributed by atoms with Crippen molar-refractivity contribution in [2.24, 2.45) is 0 Å². The van der Waals surface area contributed by atoms with Crippen molar-refractivity contribution < 1.29 is 28.5 Å². The molecule has 0 radical (unpaired) electrons. The Morgan fingerprint density at radius 3 is 2.73 bits per heavy atom. The zero-order valence-electron chi connectivity index (χ0n) is 19.8. The first-order valence-electron chi connectivity index (χ1n) is 11.4. The van der Waals surface area contributed by atoms with Gasteiger partial charge in [0.2, 0.25) is 5.88 Å². The first-order chi connectivity index (χ1) is 16.0. The smallest absolute Gasteiger partial charge is 0.406 e. The lowest BCUT2D eigenvalue weighted by molar-refractivity contribution is -0.156. The summed E-state index contributed by atoms with van der Waals surface area (Å²) in [5.74, 6) is 1.00. The Kier molecular flexibility index (Phi) is 9.21. The molecular formula is C22H35N5O6. The number of aryl methyl sites for hydroxylation is 1. The van der Waals surface area contributed by atoms with E-state index in [1.807, 2.05) is 11.8 Å². The van der Waals surface area contributed by atoms with Gasteiger partial charge in [0.25, 0.3) is 5.91 Å². The molecule has 3 rings (SSSR count). The van der Waals surface area contributed by atoms with Crippen LogP contribution in [0.1, 0.15) is 43.7 Å². The second-order valence-electron chi connectivity index (χ2n) is 8.29. The van der Waals surface area contributed by atoms with Crippen molar-refractivity contribution in [2.75, 3.05) is 47.6 Å². The fourth-order valence-electron chi connectivity index (χ4n) is 3.91.